The van der Waals surface area contributed by atoms with Crippen molar-refractivity contribution in [3.8, 4) is 0 Å². The van der Waals surface area contributed by atoms with Gasteiger partial charge in [-0.25, -0.2) is 0 Å². The van der Waals surface area contributed by atoms with Gasteiger partial charge in [0.1, 0.15) is 0 Å². The van der Waals surface area contributed by atoms with E-state index in [9.17, 15) is 0 Å². The van der Waals surface area contributed by atoms with Gasteiger partial charge in [0.2, 0.25) is 0 Å². The van der Waals surface area contributed by atoms with E-state index in [0.29, 0.717) is 5.54 Å². The fraction of sp³-hybridized carbons (Fsp3) is 1.00. The van der Waals surface area contributed by atoms with Gasteiger partial charge in [0.15, 0.2) is 0 Å². The Kier molecular flexibility index (Phi) is 1.88. The Bertz CT molecular complexity index is 168. The molecule has 1 saturated carbocycles. The number of nitrogens with zero attached hydrogens (tertiary/aromatic N) is 1. The molecule has 1 unspecified atom stereocenters. The fourth-order valence-corrected chi connectivity index (χ4v) is 3.32. The van der Waals surface area contributed by atoms with Gasteiger partial charge in [0.25, 0.3) is 0 Å². The largest absolute Gasteiger partial charge is 0.312 e. The molecular weight excluding hydrogens is 160 g/mol. The van der Waals surface area contributed by atoms with E-state index in [1.165, 1.54) is 58.2 Å². The lowest BCUT2D eigenvalue weighted by atomic mass is 10.0. The van der Waals surface area contributed by atoms with E-state index < -0.39 is 0 Å². The van der Waals surface area contributed by atoms with E-state index in [1.54, 1.807) is 0 Å². The second kappa shape index (κ2) is 2.96. The number of rotatable bonds is 2. The minimum absolute atomic E-state index is 0.632. The van der Waals surface area contributed by atoms with E-state index in [0.717, 1.165) is 6.04 Å². The molecule has 2 nitrogen and oxygen atoms in total. The first kappa shape index (κ1) is 8.25. The van der Waals surface area contributed by atoms with Gasteiger partial charge in [0, 0.05) is 11.6 Å². The number of likely N-dealkylation sites (tertiary alicyclic amines) is 1. The molecule has 13 heavy (non-hydrogen) atoms. The van der Waals surface area contributed by atoms with Crippen LogP contribution in [0, 0.1) is 0 Å². The van der Waals surface area contributed by atoms with Crippen molar-refractivity contribution >= 4 is 0 Å². The van der Waals surface area contributed by atoms with Gasteiger partial charge in [-0.05, 0) is 58.2 Å². The summed E-state index contributed by atoms with van der Waals surface area (Å²) in [6, 6.07) is 0.839. The highest BCUT2D eigenvalue weighted by Crippen LogP contribution is 2.48. The van der Waals surface area contributed by atoms with E-state index in [2.05, 4.69) is 10.2 Å². The van der Waals surface area contributed by atoms with Gasteiger partial charge >= 0.3 is 0 Å². The Labute approximate surface area is 80.7 Å². The molecule has 2 aliphatic heterocycles. The molecule has 2 heteroatoms. The molecule has 3 aliphatic rings. The lowest BCUT2D eigenvalue weighted by Crippen LogP contribution is -2.48. The van der Waals surface area contributed by atoms with Crippen molar-refractivity contribution in [3.05, 3.63) is 0 Å². The molecule has 3 fully saturated rings. The van der Waals surface area contributed by atoms with Crippen molar-refractivity contribution in [1.29, 1.82) is 0 Å². The highest BCUT2D eigenvalue weighted by Gasteiger charge is 2.54. The van der Waals surface area contributed by atoms with Gasteiger partial charge in [-0.2, -0.15) is 0 Å². The highest BCUT2D eigenvalue weighted by molar-refractivity contribution is 5.13. The number of hydrogen-bond donors (Lipinski definition) is 1. The quantitative estimate of drug-likeness (QED) is 0.690. The van der Waals surface area contributed by atoms with Crippen molar-refractivity contribution in [1.82, 2.24) is 10.2 Å². The molecule has 0 amide bonds. The van der Waals surface area contributed by atoms with Crippen LogP contribution < -0.4 is 5.32 Å². The first-order chi connectivity index (χ1) is 6.42. The lowest BCUT2D eigenvalue weighted by Gasteiger charge is -2.32. The van der Waals surface area contributed by atoms with Gasteiger partial charge in [0.05, 0.1) is 0 Å². The third-order valence-electron chi connectivity index (χ3n) is 4.21. The maximum atomic E-state index is 3.69. The molecular formula is C11H20N2. The number of hydrogen-bond acceptors (Lipinski definition) is 2. The standard InChI is InChI=1S/C11H20N2/c1-2-9-13(8-1)11(5-6-11)10-4-3-7-12-10/h10,12H,1-9H2. The third-order valence-corrected chi connectivity index (χ3v) is 4.21. The minimum Gasteiger partial charge on any atom is -0.312 e. The monoisotopic (exact) mass is 180 g/mol. The zero-order chi connectivity index (χ0) is 8.73. The van der Waals surface area contributed by atoms with Crippen molar-refractivity contribution < 1.29 is 0 Å². The van der Waals surface area contributed by atoms with Crippen molar-refractivity contribution in [2.45, 2.75) is 50.1 Å². The normalized spacial score (nSPS) is 38.3. The zero-order valence-electron chi connectivity index (χ0n) is 8.39. The van der Waals surface area contributed by atoms with Gasteiger partial charge in [-0.15, -0.1) is 0 Å². The van der Waals surface area contributed by atoms with Gasteiger partial charge in [-0.1, -0.05) is 0 Å². The Morgan fingerprint density at radius 3 is 2.38 bits per heavy atom. The maximum Gasteiger partial charge on any atom is 0.0363 e. The summed E-state index contributed by atoms with van der Waals surface area (Å²) in [5.41, 5.74) is 0.632. The molecule has 1 N–H and O–H groups in total. The molecule has 0 spiro atoms. The first-order valence-corrected chi connectivity index (χ1v) is 5.90. The molecule has 3 rings (SSSR count). The van der Waals surface area contributed by atoms with Crippen LogP contribution in [0.5, 0.6) is 0 Å². The Morgan fingerprint density at radius 1 is 1.08 bits per heavy atom. The average molecular weight is 180 g/mol. The topological polar surface area (TPSA) is 15.3 Å². The highest BCUT2D eigenvalue weighted by atomic mass is 15.3. The summed E-state index contributed by atoms with van der Waals surface area (Å²) in [6.07, 6.45) is 8.63. The van der Waals surface area contributed by atoms with Crippen LogP contribution >= 0.6 is 0 Å². The molecule has 2 saturated heterocycles. The second-order valence-electron chi connectivity index (χ2n) is 4.95. The predicted octanol–water partition coefficient (Wildman–Crippen LogP) is 1.37. The average Bonchev–Trinajstić information content (AvgIpc) is 2.68. The van der Waals surface area contributed by atoms with Crippen LogP contribution in [0.1, 0.15) is 38.5 Å². The van der Waals surface area contributed by atoms with Crippen LogP contribution in [-0.2, 0) is 0 Å². The third kappa shape index (κ3) is 1.23. The summed E-state index contributed by atoms with van der Waals surface area (Å²) in [7, 11) is 0. The van der Waals surface area contributed by atoms with E-state index >= 15 is 0 Å². The SMILES string of the molecule is C1CNC(C2(N3CCCC3)CC2)C1. The molecule has 1 aliphatic carbocycles. The van der Waals surface area contributed by atoms with Crippen LogP contribution in [0.2, 0.25) is 0 Å². The first-order valence-electron chi connectivity index (χ1n) is 5.90. The zero-order valence-corrected chi connectivity index (χ0v) is 8.39. The van der Waals surface area contributed by atoms with E-state index in [1.807, 2.05) is 0 Å². The molecule has 1 atom stereocenters. The molecule has 0 radical (unpaired) electrons. The van der Waals surface area contributed by atoms with Crippen molar-refractivity contribution in [2.75, 3.05) is 19.6 Å². The molecule has 0 aromatic rings. The van der Waals surface area contributed by atoms with Crippen LogP contribution in [0.15, 0.2) is 0 Å². The van der Waals surface area contributed by atoms with Crippen LogP contribution in [-0.4, -0.2) is 36.1 Å². The molecule has 0 aromatic heterocycles. The van der Waals surface area contributed by atoms with Crippen LogP contribution in [0.3, 0.4) is 0 Å². The summed E-state index contributed by atoms with van der Waals surface area (Å²) in [4.78, 5) is 2.77. The van der Waals surface area contributed by atoms with Crippen molar-refractivity contribution in [3.63, 3.8) is 0 Å². The summed E-state index contributed by atoms with van der Waals surface area (Å²) in [5.74, 6) is 0. The lowest BCUT2D eigenvalue weighted by molar-refractivity contribution is 0.178. The second-order valence-corrected chi connectivity index (χ2v) is 4.95. The summed E-state index contributed by atoms with van der Waals surface area (Å²) >= 11 is 0. The number of nitrogens with one attached hydrogen (secondary N) is 1. The molecule has 2 heterocycles. The molecule has 0 aromatic carbocycles. The van der Waals surface area contributed by atoms with Crippen LogP contribution in [0.25, 0.3) is 0 Å². The summed E-state index contributed by atoms with van der Waals surface area (Å²) in [6.45, 7) is 4.01. The molecule has 0 bridgehead atoms. The van der Waals surface area contributed by atoms with Gasteiger partial charge in [-0.3, -0.25) is 4.90 Å². The van der Waals surface area contributed by atoms with Crippen LogP contribution in [0.4, 0.5) is 0 Å². The van der Waals surface area contributed by atoms with Gasteiger partial charge < -0.3 is 5.32 Å². The van der Waals surface area contributed by atoms with E-state index in [4.69, 9.17) is 0 Å². The minimum atomic E-state index is 0.632. The van der Waals surface area contributed by atoms with Crippen molar-refractivity contribution in [2.24, 2.45) is 0 Å². The predicted molar refractivity (Wildman–Crippen MR) is 53.8 cm³/mol. The Balaban J connectivity index is 1.72. The summed E-state index contributed by atoms with van der Waals surface area (Å²) < 4.78 is 0. The Hall–Kier alpha value is -0.0800. The summed E-state index contributed by atoms with van der Waals surface area (Å²) in [5, 5.41) is 3.69. The fourth-order valence-electron chi connectivity index (χ4n) is 3.32. The maximum absolute atomic E-state index is 3.69. The smallest absolute Gasteiger partial charge is 0.0363 e. The Morgan fingerprint density at radius 2 is 1.85 bits per heavy atom. The molecule has 74 valence electrons. The van der Waals surface area contributed by atoms with E-state index in [-0.39, 0.29) is 0 Å².